The van der Waals surface area contributed by atoms with Crippen molar-refractivity contribution in [1.29, 1.82) is 0 Å². The first-order chi connectivity index (χ1) is 13.0. The van der Waals surface area contributed by atoms with Crippen molar-refractivity contribution in [3.63, 3.8) is 0 Å². The number of benzene rings is 2. The Labute approximate surface area is 166 Å². The highest BCUT2D eigenvalue weighted by molar-refractivity contribution is 7.07. The summed E-state index contributed by atoms with van der Waals surface area (Å²) in [7, 11) is 1.71. The molecule has 0 saturated carbocycles. The van der Waals surface area contributed by atoms with Crippen LogP contribution in [0.2, 0.25) is 5.02 Å². The molecule has 0 spiro atoms. The number of para-hydroxylation sites is 1. The summed E-state index contributed by atoms with van der Waals surface area (Å²) in [6.07, 6.45) is 1.78. The Balaban J connectivity index is 1.77. The van der Waals surface area contributed by atoms with Crippen molar-refractivity contribution >= 4 is 35.6 Å². The molecule has 2 aromatic carbocycles. The molecule has 3 rings (SSSR count). The summed E-state index contributed by atoms with van der Waals surface area (Å²) in [4.78, 5) is 12.2. The van der Waals surface area contributed by atoms with Crippen molar-refractivity contribution in [2.75, 3.05) is 13.2 Å². The average molecular weight is 402 g/mol. The molecule has 0 radical (unpaired) electrons. The fraction of sp³-hybridized carbons (Fsp3) is 0.190. The number of rotatable bonds is 6. The van der Waals surface area contributed by atoms with Crippen molar-refractivity contribution in [3.8, 4) is 11.5 Å². The van der Waals surface area contributed by atoms with Crippen LogP contribution in [-0.2, 0) is 7.05 Å². The van der Waals surface area contributed by atoms with Gasteiger partial charge in [-0.05, 0) is 42.8 Å². The minimum absolute atomic E-state index is 0.0844. The number of ether oxygens (including phenoxy) is 2. The van der Waals surface area contributed by atoms with E-state index in [2.05, 4.69) is 6.58 Å². The Morgan fingerprint density at radius 3 is 2.52 bits per heavy atom. The maximum Gasteiger partial charge on any atom is 0.268 e. The van der Waals surface area contributed by atoms with E-state index in [9.17, 15) is 4.79 Å². The lowest BCUT2D eigenvalue weighted by atomic mass is 10.2. The van der Waals surface area contributed by atoms with E-state index in [1.807, 2.05) is 31.2 Å². The number of aryl methyl sites for hydroxylation is 1. The molecule has 0 atom stereocenters. The van der Waals surface area contributed by atoms with Crippen LogP contribution >= 0.6 is 22.9 Å². The van der Waals surface area contributed by atoms with Crippen LogP contribution in [0.1, 0.15) is 11.1 Å². The van der Waals surface area contributed by atoms with Gasteiger partial charge in [0.15, 0.2) is 0 Å². The predicted octanol–water partition coefficient (Wildman–Crippen LogP) is 3.11. The number of halogens is 1. The highest BCUT2D eigenvalue weighted by atomic mass is 35.5. The van der Waals surface area contributed by atoms with Crippen LogP contribution in [0.5, 0.6) is 11.5 Å². The van der Waals surface area contributed by atoms with Gasteiger partial charge in [-0.25, -0.2) is 0 Å². The van der Waals surface area contributed by atoms with Gasteiger partial charge in [-0.15, -0.1) is 11.3 Å². The molecule has 1 heterocycles. The molecule has 0 aliphatic heterocycles. The lowest BCUT2D eigenvalue weighted by Crippen LogP contribution is -2.28. The van der Waals surface area contributed by atoms with Gasteiger partial charge in [-0.3, -0.25) is 4.79 Å². The van der Waals surface area contributed by atoms with Gasteiger partial charge < -0.3 is 14.0 Å². The third-order valence-corrected chi connectivity index (χ3v) is 5.32. The number of aromatic nitrogens is 1. The number of hydrogen-bond donors (Lipinski definition) is 0. The monoisotopic (exact) mass is 401 g/mol. The molecule has 1 aromatic heterocycles. The second-order valence-corrected chi connectivity index (χ2v) is 7.56. The van der Waals surface area contributed by atoms with E-state index in [4.69, 9.17) is 21.1 Å². The molecule has 0 amide bonds. The zero-order chi connectivity index (χ0) is 19.4. The van der Waals surface area contributed by atoms with Gasteiger partial charge in [0.1, 0.15) is 24.7 Å². The molecule has 0 N–H and O–H groups in total. The van der Waals surface area contributed by atoms with E-state index in [1.54, 1.807) is 31.3 Å². The minimum Gasteiger partial charge on any atom is -0.490 e. The largest absolute Gasteiger partial charge is 0.490 e. The lowest BCUT2D eigenvalue weighted by Gasteiger charge is -2.12. The smallest absolute Gasteiger partial charge is 0.268 e. The summed E-state index contributed by atoms with van der Waals surface area (Å²) >= 11 is 7.46. The van der Waals surface area contributed by atoms with Gasteiger partial charge in [0.2, 0.25) is 0 Å². The molecule has 0 unspecified atom stereocenters. The average Bonchev–Trinajstić information content (AvgIpc) is 2.88. The minimum atomic E-state index is -0.0844. The van der Waals surface area contributed by atoms with E-state index >= 15 is 0 Å². The van der Waals surface area contributed by atoms with E-state index in [0.717, 1.165) is 16.9 Å². The molecule has 0 fully saturated rings. The second-order valence-electron chi connectivity index (χ2n) is 6.01. The first-order valence-corrected chi connectivity index (χ1v) is 9.62. The molecular weight excluding hydrogens is 382 g/mol. The number of hydrogen-bond acceptors (Lipinski definition) is 4. The van der Waals surface area contributed by atoms with Gasteiger partial charge in [0.05, 0.1) is 9.20 Å². The van der Waals surface area contributed by atoms with Crippen molar-refractivity contribution in [1.82, 2.24) is 4.57 Å². The van der Waals surface area contributed by atoms with Gasteiger partial charge in [-0.1, -0.05) is 36.4 Å². The van der Waals surface area contributed by atoms with Crippen LogP contribution in [0, 0.1) is 6.92 Å². The van der Waals surface area contributed by atoms with Crippen molar-refractivity contribution in [2.24, 2.45) is 7.05 Å². The molecule has 0 saturated heterocycles. The van der Waals surface area contributed by atoms with Crippen LogP contribution in [0.15, 0.2) is 47.3 Å². The standard InChI is InChI=1S/C21H20ClNO3S/c1-14-6-4-5-7-18(14)25-10-11-26-19-9-8-17(22)12-16(19)13-20-21(24)23(3)15(2)27-20/h4-9,12-13H,2,10-11H2,1,3H3. The molecule has 6 heteroatoms. The molecule has 0 aliphatic rings. The molecule has 4 nitrogen and oxygen atoms in total. The fourth-order valence-electron chi connectivity index (χ4n) is 2.54. The normalized spacial score (nSPS) is 11.6. The van der Waals surface area contributed by atoms with Crippen molar-refractivity contribution < 1.29 is 9.47 Å². The first-order valence-electron chi connectivity index (χ1n) is 8.43. The topological polar surface area (TPSA) is 40.5 Å². The third-order valence-electron chi connectivity index (χ3n) is 4.07. The maximum absolute atomic E-state index is 12.2. The molecule has 0 bridgehead atoms. The summed E-state index contributed by atoms with van der Waals surface area (Å²) in [5.41, 5.74) is 1.74. The Bertz CT molecular complexity index is 1120. The Morgan fingerprint density at radius 2 is 1.85 bits per heavy atom. The SMILES string of the molecule is C=c1sc(=Cc2cc(Cl)ccc2OCCOc2ccccc2C)c(=O)n1C. The summed E-state index contributed by atoms with van der Waals surface area (Å²) in [6.45, 7) is 6.66. The van der Waals surface area contributed by atoms with Crippen LogP contribution in [-0.4, -0.2) is 17.8 Å². The third kappa shape index (κ3) is 4.62. The van der Waals surface area contributed by atoms with Crippen LogP contribution in [0.25, 0.3) is 12.7 Å². The van der Waals surface area contributed by atoms with Crippen LogP contribution in [0.3, 0.4) is 0 Å². The van der Waals surface area contributed by atoms with Gasteiger partial charge in [0.25, 0.3) is 5.56 Å². The highest BCUT2D eigenvalue weighted by Gasteiger charge is 2.06. The number of thiazole rings is 1. The summed E-state index contributed by atoms with van der Waals surface area (Å²) in [6, 6.07) is 13.2. The van der Waals surface area contributed by atoms with Crippen molar-refractivity contribution in [2.45, 2.75) is 6.92 Å². The Hall–Kier alpha value is -2.50. The van der Waals surface area contributed by atoms with Crippen LogP contribution < -0.4 is 24.2 Å². The first kappa shape index (κ1) is 19.3. The number of nitrogens with zero attached hydrogens (tertiary/aromatic N) is 1. The van der Waals surface area contributed by atoms with Gasteiger partial charge >= 0.3 is 0 Å². The molecular formula is C21H20ClNO3S. The summed E-state index contributed by atoms with van der Waals surface area (Å²) in [5, 5.41) is 0.577. The molecule has 3 aromatic rings. The fourth-order valence-corrected chi connectivity index (χ4v) is 3.60. The van der Waals surface area contributed by atoms with Gasteiger partial charge in [-0.2, -0.15) is 0 Å². The maximum atomic E-state index is 12.2. The second kappa shape index (κ2) is 8.46. The van der Waals surface area contributed by atoms with E-state index < -0.39 is 0 Å². The zero-order valence-electron chi connectivity index (χ0n) is 15.2. The summed E-state index contributed by atoms with van der Waals surface area (Å²) < 4.78 is 14.4. The molecule has 0 aliphatic carbocycles. The Morgan fingerprint density at radius 1 is 1.15 bits per heavy atom. The highest BCUT2D eigenvalue weighted by Crippen LogP contribution is 2.24. The molecule has 140 valence electrons. The lowest BCUT2D eigenvalue weighted by molar-refractivity contribution is 0.216. The summed E-state index contributed by atoms with van der Waals surface area (Å²) in [5.74, 6) is 1.49. The quantitative estimate of drug-likeness (QED) is 0.596. The van der Waals surface area contributed by atoms with Gasteiger partial charge in [0, 0.05) is 17.6 Å². The van der Waals surface area contributed by atoms with Crippen LogP contribution in [0.4, 0.5) is 0 Å². The van der Waals surface area contributed by atoms with E-state index in [1.165, 1.54) is 15.9 Å². The predicted molar refractivity (Wildman–Crippen MR) is 112 cm³/mol. The van der Waals surface area contributed by atoms with E-state index in [-0.39, 0.29) is 5.56 Å². The molecule has 27 heavy (non-hydrogen) atoms. The van der Waals surface area contributed by atoms with Crippen molar-refractivity contribution in [3.05, 3.63) is 78.2 Å². The zero-order valence-corrected chi connectivity index (χ0v) is 16.8. The van der Waals surface area contributed by atoms with E-state index in [0.29, 0.717) is 33.2 Å². The Kier molecular flexibility index (Phi) is 6.04.